The van der Waals surface area contributed by atoms with Crippen LogP contribution in [0.5, 0.6) is 5.75 Å². The van der Waals surface area contributed by atoms with E-state index in [0.717, 1.165) is 18.1 Å². The lowest BCUT2D eigenvalue weighted by molar-refractivity contribution is 0.0112. The van der Waals surface area contributed by atoms with Crippen LogP contribution >= 0.6 is 0 Å². The molecule has 0 radical (unpaired) electrons. The summed E-state index contributed by atoms with van der Waals surface area (Å²) < 4.78 is 5.50. The fourth-order valence-corrected chi connectivity index (χ4v) is 5.79. The van der Waals surface area contributed by atoms with Crippen LogP contribution in [0.15, 0.2) is 29.3 Å². The molecule has 2 aliphatic rings. The molecule has 1 aromatic rings. The maximum Gasteiger partial charge on any atom is 0.119 e. The number of rotatable bonds is 3. The molecule has 0 N–H and O–H groups in total. The van der Waals surface area contributed by atoms with Crippen LogP contribution in [0.2, 0.25) is 0 Å². The quantitative estimate of drug-likeness (QED) is 0.577. The van der Waals surface area contributed by atoms with Crippen LogP contribution in [0.3, 0.4) is 0 Å². The van der Waals surface area contributed by atoms with Gasteiger partial charge in [-0.25, -0.2) is 0 Å². The molecule has 0 spiro atoms. The molecule has 0 saturated heterocycles. The zero-order chi connectivity index (χ0) is 17.5. The van der Waals surface area contributed by atoms with Gasteiger partial charge in [0.1, 0.15) is 5.75 Å². The lowest BCUT2D eigenvalue weighted by Gasteiger charge is -2.55. The van der Waals surface area contributed by atoms with E-state index in [1.165, 1.54) is 43.2 Å². The molecule has 1 saturated carbocycles. The summed E-state index contributed by atoms with van der Waals surface area (Å²) in [4.78, 5) is 0. The Labute approximate surface area is 148 Å². The van der Waals surface area contributed by atoms with E-state index in [9.17, 15) is 0 Å². The molecule has 1 heteroatoms. The number of hydrogen-bond donors (Lipinski definition) is 0. The highest BCUT2D eigenvalue weighted by Crippen LogP contribution is 2.59. The molecular weight excluding hydrogens is 292 g/mol. The summed E-state index contributed by atoms with van der Waals surface area (Å²) in [7, 11) is 1.77. The maximum atomic E-state index is 5.50. The monoisotopic (exact) mass is 326 g/mol. The summed E-state index contributed by atoms with van der Waals surface area (Å²) >= 11 is 0. The van der Waals surface area contributed by atoms with Gasteiger partial charge in [0.25, 0.3) is 0 Å². The van der Waals surface area contributed by atoms with Crippen molar-refractivity contribution in [2.45, 2.75) is 73.1 Å². The molecule has 2 atom stereocenters. The van der Waals surface area contributed by atoms with Crippen LogP contribution < -0.4 is 4.74 Å². The highest BCUT2D eigenvalue weighted by Gasteiger charge is 2.49. The standard InChI is InChI=1S/C23H34O/c1-16-12-18(14-19(13-16)24-6)15-20-17(2)8-9-21-22(3,4)10-7-11-23(20,21)5/h12-14,21H,7-11,15H2,1-6H3/t21-,23+/m0/s1. The molecule has 0 heterocycles. The molecule has 132 valence electrons. The van der Waals surface area contributed by atoms with Crippen LogP contribution in [0.25, 0.3) is 0 Å². The first kappa shape index (κ1) is 17.6. The predicted octanol–water partition coefficient (Wildman–Crippen LogP) is 6.49. The minimum Gasteiger partial charge on any atom is -0.497 e. The molecule has 1 fully saturated rings. The van der Waals surface area contributed by atoms with Crippen LogP contribution in [0.4, 0.5) is 0 Å². The van der Waals surface area contributed by atoms with Crippen LogP contribution in [0, 0.1) is 23.7 Å². The van der Waals surface area contributed by atoms with Crippen molar-refractivity contribution in [1.82, 2.24) is 0 Å². The SMILES string of the molecule is COc1cc(C)cc(CC2=C(C)CC[C@H]3C(C)(C)CCC[C@]23C)c1. The number of allylic oxidation sites excluding steroid dienone is 2. The van der Waals surface area contributed by atoms with Gasteiger partial charge in [-0.3, -0.25) is 0 Å². The van der Waals surface area contributed by atoms with Crippen LogP contribution in [-0.4, -0.2) is 7.11 Å². The third-order valence-electron chi connectivity index (χ3n) is 6.97. The van der Waals surface area contributed by atoms with Crippen molar-refractivity contribution < 1.29 is 4.74 Å². The number of benzene rings is 1. The van der Waals surface area contributed by atoms with Gasteiger partial charge < -0.3 is 4.74 Å². The molecule has 1 nitrogen and oxygen atoms in total. The summed E-state index contributed by atoms with van der Waals surface area (Å²) in [6, 6.07) is 6.69. The fraction of sp³-hybridized carbons (Fsp3) is 0.652. The number of hydrogen-bond acceptors (Lipinski definition) is 1. The number of fused-ring (bicyclic) bond motifs is 1. The fourth-order valence-electron chi connectivity index (χ4n) is 5.79. The van der Waals surface area contributed by atoms with E-state index in [4.69, 9.17) is 4.74 Å². The maximum absolute atomic E-state index is 5.50. The van der Waals surface area contributed by atoms with Crippen molar-refractivity contribution >= 4 is 0 Å². The smallest absolute Gasteiger partial charge is 0.119 e. The molecule has 1 aromatic carbocycles. The molecule has 0 amide bonds. The Bertz CT molecular complexity index is 652. The molecule has 0 aromatic heterocycles. The summed E-state index contributed by atoms with van der Waals surface area (Å²) in [6.07, 6.45) is 7.85. The van der Waals surface area contributed by atoms with Crippen LogP contribution in [-0.2, 0) is 6.42 Å². The van der Waals surface area contributed by atoms with E-state index in [2.05, 4.69) is 52.8 Å². The zero-order valence-corrected chi connectivity index (χ0v) is 16.5. The first-order valence-corrected chi connectivity index (χ1v) is 9.60. The lowest BCUT2D eigenvalue weighted by atomic mass is 9.50. The second-order valence-electron chi connectivity index (χ2n) is 9.14. The van der Waals surface area contributed by atoms with Crippen molar-refractivity contribution in [3.63, 3.8) is 0 Å². The Morgan fingerprint density at radius 1 is 1.08 bits per heavy atom. The highest BCUT2D eigenvalue weighted by molar-refractivity contribution is 5.39. The first-order chi connectivity index (χ1) is 11.3. The first-order valence-electron chi connectivity index (χ1n) is 9.60. The normalized spacial score (nSPS) is 29.3. The van der Waals surface area contributed by atoms with Gasteiger partial charge in [0.05, 0.1) is 7.11 Å². The average Bonchev–Trinajstić information content (AvgIpc) is 2.49. The zero-order valence-electron chi connectivity index (χ0n) is 16.5. The van der Waals surface area contributed by atoms with E-state index in [0.29, 0.717) is 10.8 Å². The molecule has 3 rings (SSSR count). The van der Waals surface area contributed by atoms with Crippen LogP contribution in [0.1, 0.15) is 70.9 Å². The molecular formula is C23H34O. The summed E-state index contributed by atoms with van der Waals surface area (Å²) in [5.41, 5.74) is 6.92. The van der Waals surface area contributed by atoms with Crippen molar-refractivity contribution in [1.29, 1.82) is 0 Å². The molecule has 0 bridgehead atoms. The van der Waals surface area contributed by atoms with Gasteiger partial charge in [0.15, 0.2) is 0 Å². The lowest BCUT2D eigenvalue weighted by Crippen LogP contribution is -2.45. The summed E-state index contributed by atoms with van der Waals surface area (Å²) in [5, 5.41) is 0. The van der Waals surface area contributed by atoms with Gasteiger partial charge in [-0.1, -0.05) is 44.4 Å². The third kappa shape index (κ3) is 3.03. The molecule has 24 heavy (non-hydrogen) atoms. The molecule has 0 unspecified atom stereocenters. The second-order valence-corrected chi connectivity index (χ2v) is 9.14. The highest BCUT2D eigenvalue weighted by atomic mass is 16.5. The summed E-state index contributed by atoms with van der Waals surface area (Å²) in [5.74, 6) is 1.81. The van der Waals surface area contributed by atoms with Gasteiger partial charge in [-0.2, -0.15) is 0 Å². The van der Waals surface area contributed by atoms with E-state index in [1.54, 1.807) is 18.3 Å². The van der Waals surface area contributed by atoms with E-state index in [-0.39, 0.29) is 0 Å². The Balaban J connectivity index is 1.98. The topological polar surface area (TPSA) is 9.23 Å². The average molecular weight is 327 g/mol. The van der Waals surface area contributed by atoms with Gasteiger partial charge >= 0.3 is 0 Å². The number of methoxy groups -OCH3 is 1. The van der Waals surface area contributed by atoms with Gasteiger partial charge in [0.2, 0.25) is 0 Å². The Kier molecular flexibility index (Phi) is 4.57. The van der Waals surface area contributed by atoms with E-state index in [1.807, 2.05) is 0 Å². The van der Waals surface area contributed by atoms with E-state index < -0.39 is 0 Å². The predicted molar refractivity (Wildman–Crippen MR) is 103 cm³/mol. The third-order valence-corrected chi connectivity index (χ3v) is 6.97. The van der Waals surface area contributed by atoms with Crippen molar-refractivity contribution in [3.05, 3.63) is 40.5 Å². The summed E-state index contributed by atoms with van der Waals surface area (Å²) in [6.45, 7) is 12.1. The second kappa shape index (κ2) is 6.24. The number of aryl methyl sites for hydroxylation is 1. The molecule has 0 aliphatic heterocycles. The van der Waals surface area contributed by atoms with Crippen molar-refractivity contribution in [3.8, 4) is 5.75 Å². The largest absolute Gasteiger partial charge is 0.497 e. The Hall–Kier alpha value is -1.24. The van der Waals surface area contributed by atoms with Gasteiger partial charge in [-0.15, -0.1) is 0 Å². The van der Waals surface area contributed by atoms with E-state index >= 15 is 0 Å². The van der Waals surface area contributed by atoms with Crippen molar-refractivity contribution in [2.75, 3.05) is 7.11 Å². The minimum atomic E-state index is 0.376. The Morgan fingerprint density at radius 2 is 1.83 bits per heavy atom. The number of ether oxygens (including phenoxy) is 1. The van der Waals surface area contributed by atoms with Gasteiger partial charge in [0, 0.05) is 0 Å². The Morgan fingerprint density at radius 3 is 2.54 bits per heavy atom. The van der Waals surface area contributed by atoms with Gasteiger partial charge in [-0.05, 0) is 86.0 Å². The minimum absolute atomic E-state index is 0.376. The molecule has 2 aliphatic carbocycles. The van der Waals surface area contributed by atoms with Crippen molar-refractivity contribution in [2.24, 2.45) is 16.7 Å².